The Morgan fingerprint density at radius 1 is 1.00 bits per heavy atom. The molecule has 0 bridgehead atoms. The van der Waals surface area contributed by atoms with Gasteiger partial charge in [-0.3, -0.25) is 9.59 Å². The molecule has 1 aliphatic carbocycles. The SMILES string of the molecule is CC.O=C1C#CC(=O)C=C1. The first-order chi connectivity index (χ1) is 4.79. The smallest absolute Gasteiger partial charge is 0.229 e. The molecule has 1 rings (SSSR count). The summed E-state index contributed by atoms with van der Waals surface area (Å²) in [6.07, 6.45) is 2.33. The molecule has 0 radical (unpaired) electrons. The molecule has 0 aromatic carbocycles. The highest BCUT2D eigenvalue weighted by Crippen LogP contribution is 1.83. The molecule has 0 amide bonds. The van der Waals surface area contributed by atoms with E-state index in [9.17, 15) is 9.59 Å². The molecule has 2 nitrogen and oxygen atoms in total. The van der Waals surface area contributed by atoms with Gasteiger partial charge in [0.1, 0.15) is 0 Å². The van der Waals surface area contributed by atoms with Crippen molar-refractivity contribution < 1.29 is 9.59 Å². The van der Waals surface area contributed by atoms with Crippen LogP contribution in [0.1, 0.15) is 13.8 Å². The Kier molecular flexibility index (Phi) is 3.90. The molecule has 52 valence electrons. The van der Waals surface area contributed by atoms with Crippen molar-refractivity contribution >= 4 is 11.6 Å². The van der Waals surface area contributed by atoms with E-state index in [2.05, 4.69) is 11.8 Å². The van der Waals surface area contributed by atoms with Gasteiger partial charge in [0.05, 0.1) is 0 Å². The minimum atomic E-state index is -0.301. The molecule has 1 aliphatic rings. The van der Waals surface area contributed by atoms with Gasteiger partial charge < -0.3 is 0 Å². The maximum absolute atomic E-state index is 10.2. The van der Waals surface area contributed by atoms with Crippen LogP contribution < -0.4 is 0 Å². The fourth-order valence-corrected chi connectivity index (χ4v) is 0.358. The predicted molar refractivity (Wildman–Crippen MR) is 38.3 cm³/mol. The Morgan fingerprint density at radius 3 is 1.50 bits per heavy atom. The predicted octanol–water partition coefficient (Wildman–Crippen LogP) is 0.724. The third kappa shape index (κ3) is 2.83. The van der Waals surface area contributed by atoms with E-state index in [1.165, 1.54) is 12.2 Å². The van der Waals surface area contributed by atoms with E-state index in [-0.39, 0.29) is 11.6 Å². The zero-order valence-electron chi connectivity index (χ0n) is 5.97. The summed E-state index contributed by atoms with van der Waals surface area (Å²) in [6.45, 7) is 4.00. The van der Waals surface area contributed by atoms with E-state index in [0.717, 1.165) is 0 Å². The summed E-state index contributed by atoms with van der Waals surface area (Å²) in [5.74, 6) is 3.61. The van der Waals surface area contributed by atoms with Gasteiger partial charge in [-0.05, 0) is 24.0 Å². The molecule has 0 heterocycles. The average molecular weight is 136 g/mol. The topological polar surface area (TPSA) is 34.1 Å². The lowest BCUT2D eigenvalue weighted by Gasteiger charge is -1.82. The van der Waals surface area contributed by atoms with Gasteiger partial charge in [-0.2, -0.15) is 0 Å². The highest BCUT2D eigenvalue weighted by Gasteiger charge is 1.97. The van der Waals surface area contributed by atoms with Crippen molar-refractivity contribution in [2.45, 2.75) is 13.8 Å². The van der Waals surface area contributed by atoms with Crippen molar-refractivity contribution in [3.63, 3.8) is 0 Å². The van der Waals surface area contributed by atoms with Crippen LogP contribution in [0.25, 0.3) is 0 Å². The highest BCUT2D eigenvalue weighted by molar-refractivity contribution is 6.18. The summed E-state index contributed by atoms with van der Waals surface area (Å²) in [4.78, 5) is 20.4. The zero-order chi connectivity index (χ0) is 7.98. The van der Waals surface area contributed by atoms with Crippen LogP contribution in [0.4, 0.5) is 0 Å². The van der Waals surface area contributed by atoms with E-state index in [1.54, 1.807) is 0 Å². The first-order valence-corrected chi connectivity index (χ1v) is 3.07. The standard InChI is InChI=1S/C6H2O2.C2H6/c7-5-1-2-6(8)4-3-5;1-2/h1-2H;1-2H3. The summed E-state index contributed by atoms with van der Waals surface area (Å²) in [5, 5.41) is 0. The van der Waals surface area contributed by atoms with Crippen molar-refractivity contribution in [1.82, 2.24) is 0 Å². The summed E-state index contributed by atoms with van der Waals surface area (Å²) in [5.41, 5.74) is 0. The maximum Gasteiger partial charge on any atom is 0.229 e. The van der Waals surface area contributed by atoms with Crippen LogP contribution in [0.5, 0.6) is 0 Å². The van der Waals surface area contributed by atoms with Gasteiger partial charge in [-0.25, -0.2) is 0 Å². The van der Waals surface area contributed by atoms with Crippen LogP contribution in [0.3, 0.4) is 0 Å². The van der Waals surface area contributed by atoms with Crippen LogP contribution in [0, 0.1) is 11.8 Å². The number of rotatable bonds is 0. The van der Waals surface area contributed by atoms with Crippen molar-refractivity contribution in [3.8, 4) is 11.8 Å². The van der Waals surface area contributed by atoms with E-state index >= 15 is 0 Å². The number of allylic oxidation sites excluding steroid dienone is 2. The van der Waals surface area contributed by atoms with Gasteiger partial charge in [0.25, 0.3) is 0 Å². The van der Waals surface area contributed by atoms with Crippen LogP contribution in [0.2, 0.25) is 0 Å². The molecule has 0 saturated carbocycles. The third-order valence-corrected chi connectivity index (χ3v) is 0.695. The lowest BCUT2D eigenvalue weighted by Crippen LogP contribution is -1.97. The Labute approximate surface area is 59.9 Å². The van der Waals surface area contributed by atoms with Crippen LogP contribution in [0.15, 0.2) is 12.2 Å². The van der Waals surface area contributed by atoms with E-state index < -0.39 is 0 Å². The summed E-state index contributed by atoms with van der Waals surface area (Å²) in [7, 11) is 0. The molecule has 10 heavy (non-hydrogen) atoms. The Hall–Kier alpha value is -1.36. The molecule has 0 saturated heterocycles. The third-order valence-electron chi connectivity index (χ3n) is 0.695. The normalized spacial score (nSPS) is 13.0. The van der Waals surface area contributed by atoms with Crippen LogP contribution >= 0.6 is 0 Å². The minimum Gasteiger partial charge on any atom is -0.280 e. The number of hydrogen-bond donors (Lipinski definition) is 0. The van der Waals surface area contributed by atoms with Gasteiger partial charge in [-0.1, -0.05) is 13.8 Å². The van der Waals surface area contributed by atoms with E-state index in [1.807, 2.05) is 13.8 Å². The molecular formula is C8H8O2. The minimum absolute atomic E-state index is 0.301. The summed E-state index contributed by atoms with van der Waals surface area (Å²) in [6, 6.07) is 0. The largest absolute Gasteiger partial charge is 0.280 e. The van der Waals surface area contributed by atoms with Gasteiger partial charge >= 0.3 is 0 Å². The molecule has 0 aromatic heterocycles. The van der Waals surface area contributed by atoms with Gasteiger partial charge in [0, 0.05) is 0 Å². The quantitative estimate of drug-likeness (QED) is 0.363. The van der Waals surface area contributed by atoms with Crippen LogP contribution in [-0.2, 0) is 9.59 Å². The Balaban J connectivity index is 0.000000371. The fourth-order valence-electron chi connectivity index (χ4n) is 0.358. The maximum atomic E-state index is 10.2. The molecule has 0 spiro atoms. The molecule has 0 aliphatic heterocycles. The highest BCUT2D eigenvalue weighted by atomic mass is 16.1. The average Bonchev–Trinajstić information content (AvgIpc) is 2.00. The van der Waals surface area contributed by atoms with Crippen molar-refractivity contribution in [3.05, 3.63) is 12.2 Å². The zero-order valence-corrected chi connectivity index (χ0v) is 5.97. The van der Waals surface area contributed by atoms with Gasteiger partial charge in [0.15, 0.2) is 0 Å². The molecule has 0 atom stereocenters. The lowest BCUT2D eigenvalue weighted by molar-refractivity contribution is -0.112. The lowest BCUT2D eigenvalue weighted by atomic mass is 10.2. The monoisotopic (exact) mass is 136 g/mol. The Morgan fingerprint density at radius 2 is 1.30 bits per heavy atom. The summed E-state index contributed by atoms with van der Waals surface area (Å²) < 4.78 is 0. The summed E-state index contributed by atoms with van der Waals surface area (Å²) >= 11 is 0. The first-order valence-electron chi connectivity index (χ1n) is 3.07. The second kappa shape index (κ2) is 4.51. The van der Waals surface area contributed by atoms with Crippen molar-refractivity contribution in [2.24, 2.45) is 0 Å². The van der Waals surface area contributed by atoms with Crippen molar-refractivity contribution in [2.75, 3.05) is 0 Å². The molecule has 0 fully saturated rings. The van der Waals surface area contributed by atoms with Gasteiger partial charge in [0.2, 0.25) is 11.6 Å². The number of ketones is 2. The van der Waals surface area contributed by atoms with Gasteiger partial charge in [-0.15, -0.1) is 0 Å². The molecule has 0 aromatic rings. The number of carbonyl (C=O) groups excluding carboxylic acids is 2. The second-order valence-electron chi connectivity index (χ2n) is 1.31. The Bertz CT molecular complexity index is 203. The van der Waals surface area contributed by atoms with Crippen molar-refractivity contribution in [1.29, 1.82) is 0 Å². The molecule has 2 heteroatoms. The molecule has 0 unspecified atom stereocenters. The van der Waals surface area contributed by atoms with E-state index in [0.29, 0.717) is 0 Å². The second-order valence-corrected chi connectivity index (χ2v) is 1.31. The molecular weight excluding hydrogens is 128 g/mol. The fraction of sp³-hybridized carbons (Fsp3) is 0.250. The molecule has 0 N–H and O–H groups in total. The van der Waals surface area contributed by atoms with E-state index in [4.69, 9.17) is 0 Å². The van der Waals surface area contributed by atoms with Crippen LogP contribution in [-0.4, -0.2) is 11.6 Å². The first kappa shape index (κ1) is 8.64. The number of hydrogen-bond acceptors (Lipinski definition) is 2. The number of carbonyl (C=O) groups is 2.